The summed E-state index contributed by atoms with van der Waals surface area (Å²) in [5, 5.41) is 8.26. The van der Waals surface area contributed by atoms with Crippen molar-refractivity contribution in [2.24, 2.45) is 7.05 Å². The summed E-state index contributed by atoms with van der Waals surface area (Å²) in [5.74, 6) is 1.09. The van der Waals surface area contributed by atoms with Gasteiger partial charge in [0.2, 0.25) is 0 Å². The quantitative estimate of drug-likeness (QED) is 0.444. The lowest BCUT2D eigenvalue weighted by atomic mass is 10.1. The highest BCUT2D eigenvalue weighted by molar-refractivity contribution is 5.96. The van der Waals surface area contributed by atoms with Crippen molar-refractivity contribution in [3.63, 3.8) is 0 Å². The third kappa shape index (κ3) is 3.62. The molecule has 31 heavy (non-hydrogen) atoms. The van der Waals surface area contributed by atoms with E-state index in [9.17, 15) is 0 Å². The summed E-state index contributed by atoms with van der Waals surface area (Å²) in [6.45, 7) is 3.00. The molecule has 0 aliphatic carbocycles. The van der Waals surface area contributed by atoms with Gasteiger partial charge in [0, 0.05) is 49.0 Å². The first-order valence-electron chi connectivity index (χ1n) is 10.7. The monoisotopic (exact) mass is 420 g/mol. The number of piperidine rings is 1. The topological polar surface area (TPSA) is 89.0 Å². The number of aromatic nitrogens is 4. The van der Waals surface area contributed by atoms with E-state index in [1.165, 1.54) is 18.4 Å². The first-order chi connectivity index (χ1) is 15.2. The summed E-state index contributed by atoms with van der Waals surface area (Å²) in [5.41, 5.74) is 5.97. The zero-order valence-electron chi connectivity index (χ0n) is 18.2. The van der Waals surface area contributed by atoms with E-state index in [1.807, 2.05) is 19.3 Å². The van der Waals surface area contributed by atoms with Crippen LogP contribution in [0.1, 0.15) is 18.4 Å². The minimum absolute atomic E-state index is 0.476. The first kappa shape index (κ1) is 19.8. The van der Waals surface area contributed by atoms with Gasteiger partial charge in [0.15, 0.2) is 5.75 Å². The number of methoxy groups -OCH3 is 2. The zero-order chi connectivity index (χ0) is 21.4. The van der Waals surface area contributed by atoms with E-state index >= 15 is 0 Å². The molecule has 1 aliphatic heterocycles. The molecule has 0 atom stereocenters. The highest BCUT2D eigenvalue weighted by Crippen LogP contribution is 2.36. The van der Waals surface area contributed by atoms with Gasteiger partial charge in [0.05, 0.1) is 25.4 Å². The average Bonchev–Trinajstić information content (AvgIpc) is 3.38. The number of aryl methyl sites for hydroxylation is 1. The van der Waals surface area contributed by atoms with Gasteiger partial charge in [0.1, 0.15) is 11.2 Å². The largest absolute Gasteiger partial charge is 0.491 e. The van der Waals surface area contributed by atoms with Crippen LogP contribution in [0.3, 0.4) is 0 Å². The first-order valence-corrected chi connectivity index (χ1v) is 10.7. The molecule has 0 amide bonds. The van der Waals surface area contributed by atoms with Crippen LogP contribution in [0.25, 0.3) is 33.3 Å². The molecule has 0 bridgehead atoms. The number of pyridine rings is 2. The molecule has 162 valence electrons. The second-order valence-electron chi connectivity index (χ2n) is 8.04. The summed E-state index contributed by atoms with van der Waals surface area (Å²) in [4.78, 5) is 12.8. The number of aromatic amines is 1. The number of rotatable bonds is 6. The Morgan fingerprint density at radius 1 is 1.19 bits per heavy atom. The summed E-state index contributed by atoms with van der Waals surface area (Å²) < 4.78 is 12.9. The number of hydrogen-bond donors (Lipinski definition) is 3. The molecular formula is C23H28N6O2. The van der Waals surface area contributed by atoms with Gasteiger partial charge in [-0.15, -0.1) is 0 Å². The van der Waals surface area contributed by atoms with Gasteiger partial charge in [-0.3, -0.25) is 0 Å². The lowest BCUT2D eigenvalue weighted by molar-refractivity contribution is 0.344. The lowest BCUT2D eigenvalue weighted by Gasteiger charge is -2.23. The van der Waals surface area contributed by atoms with Crippen LogP contribution in [0, 0.1) is 0 Å². The second kappa shape index (κ2) is 8.20. The summed E-state index contributed by atoms with van der Waals surface area (Å²) in [6, 6.07) is 6.80. The maximum Gasteiger partial charge on any atom is 0.257 e. The number of ether oxygens (including phenoxy) is 2. The smallest absolute Gasteiger partial charge is 0.257 e. The van der Waals surface area contributed by atoms with Crippen LogP contribution in [0.4, 0.5) is 0 Å². The maximum atomic E-state index is 5.43. The van der Waals surface area contributed by atoms with Crippen molar-refractivity contribution in [3.05, 3.63) is 36.2 Å². The van der Waals surface area contributed by atoms with Gasteiger partial charge < -0.3 is 29.7 Å². The van der Waals surface area contributed by atoms with E-state index < -0.39 is 0 Å². The molecule has 5 heterocycles. The third-order valence-corrected chi connectivity index (χ3v) is 6.14. The van der Waals surface area contributed by atoms with E-state index in [0.717, 1.165) is 53.0 Å². The number of nitrogens with one attached hydrogen (secondary N) is 3. The van der Waals surface area contributed by atoms with Gasteiger partial charge in [-0.25, -0.2) is 9.97 Å². The predicted octanol–water partition coefficient (Wildman–Crippen LogP) is 2.98. The van der Waals surface area contributed by atoms with Crippen molar-refractivity contribution in [1.82, 2.24) is 30.2 Å². The third-order valence-electron chi connectivity index (χ3n) is 6.14. The van der Waals surface area contributed by atoms with E-state index in [4.69, 9.17) is 14.5 Å². The van der Waals surface area contributed by atoms with Crippen LogP contribution < -0.4 is 20.1 Å². The Kier molecular flexibility index (Phi) is 5.25. The molecule has 1 fully saturated rings. The minimum atomic E-state index is 0.476. The van der Waals surface area contributed by atoms with Crippen LogP contribution >= 0.6 is 0 Å². The molecular weight excluding hydrogens is 392 g/mol. The molecule has 0 radical (unpaired) electrons. The Bertz CT molecular complexity index is 1220. The van der Waals surface area contributed by atoms with Crippen molar-refractivity contribution >= 4 is 22.1 Å². The zero-order valence-corrected chi connectivity index (χ0v) is 18.2. The van der Waals surface area contributed by atoms with Gasteiger partial charge in [0.25, 0.3) is 5.88 Å². The standard InChI is InChI=1S/C23H28N6O2/c1-29-13-17(21-19(29)11-20(30-2)23(28-21)31-3)18-10-16-14(4-9-25-22(16)27-18)12-26-15-5-7-24-8-6-15/h4,9-11,13,15,24,26H,5-8,12H2,1-3H3,(H,25,27). The fourth-order valence-electron chi connectivity index (χ4n) is 4.41. The molecule has 0 saturated carbocycles. The molecule has 0 aromatic carbocycles. The Morgan fingerprint density at radius 2 is 2.03 bits per heavy atom. The van der Waals surface area contributed by atoms with E-state index in [0.29, 0.717) is 17.7 Å². The van der Waals surface area contributed by atoms with Crippen LogP contribution in [0.2, 0.25) is 0 Å². The summed E-state index contributed by atoms with van der Waals surface area (Å²) >= 11 is 0. The Labute approximate surface area is 181 Å². The van der Waals surface area contributed by atoms with E-state index in [1.54, 1.807) is 14.2 Å². The van der Waals surface area contributed by atoms with E-state index in [2.05, 4.69) is 43.5 Å². The normalized spacial score (nSPS) is 15.1. The molecule has 0 spiro atoms. The molecule has 1 aliphatic rings. The number of fused-ring (bicyclic) bond motifs is 2. The fourth-order valence-corrected chi connectivity index (χ4v) is 4.41. The predicted molar refractivity (Wildman–Crippen MR) is 122 cm³/mol. The maximum absolute atomic E-state index is 5.43. The van der Waals surface area contributed by atoms with Gasteiger partial charge in [-0.1, -0.05) is 0 Å². The van der Waals surface area contributed by atoms with Crippen molar-refractivity contribution in [2.45, 2.75) is 25.4 Å². The van der Waals surface area contributed by atoms with Crippen molar-refractivity contribution in [1.29, 1.82) is 0 Å². The van der Waals surface area contributed by atoms with Crippen LogP contribution in [-0.2, 0) is 13.6 Å². The summed E-state index contributed by atoms with van der Waals surface area (Å²) in [6.07, 6.45) is 6.28. The highest BCUT2D eigenvalue weighted by Gasteiger charge is 2.18. The number of hydrogen-bond acceptors (Lipinski definition) is 6. The van der Waals surface area contributed by atoms with Crippen LogP contribution in [0.15, 0.2) is 30.6 Å². The van der Waals surface area contributed by atoms with Gasteiger partial charge >= 0.3 is 0 Å². The van der Waals surface area contributed by atoms with Gasteiger partial charge in [-0.2, -0.15) is 0 Å². The Morgan fingerprint density at radius 3 is 2.81 bits per heavy atom. The van der Waals surface area contributed by atoms with Crippen molar-refractivity contribution < 1.29 is 9.47 Å². The fraction of sp³-hybridized carbons (Fsp3) is 0.391. The number of H-pyrrole nitrogens is 1. The SMILES string of the molecule is COc1cc2c(nc1OC)c(-c1cc3c(CNC4CCNCC4)ccnc3[nH]1)cn2C. The molecule has 3 N–H and O–H groups in total. The highest BCUT2D eigenvalue weighted by atomic mass is 16.5. The van der Waals surface area contributed by atoms with Crippen LogP contribution in [0.5, 0.6) is 11.6 Å². The molecule has 8 heteroatoms. The molecule has 1 saturated heterocycles. The second-order valence-corrected chi connectivity index (χ2v) is 8.04. The van der Waals surface area contributed by atoms with Crippen molar-refractivity contribution in [3.8, 4) is 22.9 Å². The van der Waals surface area contributed by atoms with Crippen molar-refractivity contribution in [2.75, 3.05) is 27.3 Å². The minimum Gasteiger partial charge on any atom is -0.491 e. The average molecular weight is 421 g/mol. The Balaban J connectivity index is 1.52. The Hall–Kier alpha value is -3.10. The lowest BCUT2D eigenvalue weighted by Crippen LogP contribution is -2.39. The molecule has 0 unspecified atom stereocenters. The number of nitrogens with zero attached hydrogens (tertiary/aromatic N) is 3. The molecule has 4 aromatic rings. The van der Waals surface area contributed by atoms with E-state index in [-0.39, 0.29) is 0 Å². The molecule has 4 aromatic heterocycles. The molecule has 8 nitrogen and oxygen atoms in total. The summed E-state index contributed by atoms with van der Waals surface area (Å²) in [7, 11) is 5.24. The van der Waals surface area contributed by atoms with Gasteiger partial charge in [-0.05, 0) is 43.6 Å². The van der Waals surface area contributed by atoms with Crippen LogP contribution in [-0.4, -0.2) is 52.9 Å². The molecule has 5 rings (SSSR count).